The Morgan fingerprint density at radius 1 is 0.833 bits per heavy atom. The van der Waals surface area contributed by atoms with E-state index in [4.69, 9.17) is 11.6 Å². The predicted octanol–water partition coefficient (Wildman–Crippen LogP) is 7.63. The fourth-order valence-corrected chi connectivity index (χ4v) is 6.64. The van der Waals surface area contributed by atoms with Crippen molar-refractivity contribution in [3.05, 3.63) is 125 Å². The Morgan fingerprint density at radius 2 is 1.61 bits per heavy atom. The molecule has 1 aliphatic carbocycles. The normalized spacial score (nSPS) is 20.3. The topological polar surface area (TPSA) is 58.2 Å². The first-order valence-corrected chi connectivity index (χ1v) is 13.8. The average Bonchev–Trinajstić information content (AvgIpc) is 3.39. The van der Waals surface area contributed by atoms with Gasteiger partial charge in [-0.05, 0) is 77.1 Å². The van der Waals surface area contributed by atoms with Crippen molar-refractivity contribution in [3.8, 4) is 11.1 Å². The zero-order valence-corrected chi connectivity index (χ0v) is 21.0. The van der Waals surface area contributed by atoms with Crippen LogP contribution in [0.5, 0.6) is 0 Å². The van der Waals surface area contributed by atoms with E-state index in [2.05, 4.69) is 28.3 Å². The third kappa shape index (κ3) is 4.29. The van der Waals surface area contributed by atoms with E-state index in [0.717, 1.165) is 34.4 Å². The van der Waals surface area contributed by atoms with Crippen LogP contribution in [-0.2, 0) is 10.0 Å². The summed E-state index contributed by atoms with van der Waals surface area (Å²) in [5, 5.41) is 4.36. The van der Waals surface area contributed by atoms with Crippen molar-refractivity contribution in [3.63, 3.8) is 0 Å². The van der Waals surface area contributed by atoms with Gasteiger partial charge in [0, 0.05) is 22.3 Å². The van der Waals surface area contributed by atoms with E-state index in [1.165, 1.54) is 0 Å². The maximum atomic E-state index is 13.3. The highest BCUT2D eigenvalue weighted by Crippen LogP contribution is 2.50. The van der Waals surface area contributed by atoms with Crippen LogP contribution in [0.2, 0.25) is 5.02 Å². The molecule has 0 radical (unpaired) electrons. The van der Waals surface area contributed by atoms with E-state index in [1.807, 2.05) is 72.8 Å². The van der Waals surface area contributed by atoms with Crippen molar-refractivity contribution in [1.29, 1.82) is 0 Å². The van der Waals surface area contributed by atoms with Crippen LogP contribution in [0.25, 0.3) is 11.1 Å². The molecule has 6 rings (SSSR count). The molecule has 0 unspecified atom stereocenters. The van der Waals surface area contributed by atoms with Gasteiger partial charge < -0.3 is 5.32 Å². The summed E-state index contributed by atoms with van der Waals surface area (Å²) in [6.07, 6.45) is 5.32. The van der Waals surface area contributed by atoms with Crippen LogP contribution in [0.4, 0.5) is 11.4 Å². The van der Waals surface area contributed by atoms with Gasteiger partial charge in [-0.25, -0.2) is 8.42 Å². The maximum absolute atomic E-state index is 13.3. The quantitative estimate of drug-likeness (QED) is 0.270. The maximum Gasteiger partial charge on any atom is 0.261 e. The highest BCUT2D eigenvalue weighted by molar-refractivity contribution is 7.92. The first kappa shape index (κ1) is 22.9. The van der Waals surface area contributed by atoms with Crippen LogP contribution in [0.15, 0.2) is 114 Å². The van der Waals surface area contributed by atoms with Gasteiger partial charge in [-0.2, -0.15) is 0 Å². The number of halogens is 1. The summed E-state index contributed by atoms with van der Waals surface area (Å²) in [4.78, 5) is 0.260. The zero-order valence-electron chi connectivity index (χ0n) is 19.4. The van der Waals surface area contributed by atoms with E-state index in [0.29, 0.717) is 16.6 Å². The molecule has 0 amide bonds. The van der Waals surface area contributed by atoms with Crippen LogP contribution in [0.3, 0.4) is 0 Å². The van der Waals surface area contributed by atoms with Crippen LogP contribution >= 0.6 is 11.6 Å². The Balaban J connectivity index is 1.27. The Hall–Kier alpha value is -3.54. The Kier molecular flexibility index (Phi) is 5.82. The third-order valence-corrected chi connectivity index (χ3v) is 8.71. The lowest BCUT2D eigenvalue weighted by atomic mass is 9.77. The molecular weight excluding hydrogens is 488 g/mol. The van der Waals surface area contributed by atoms with Gasteiger partial charge >= 0.3 is 0 Å². The molecule has 0 saturated heterocycles. The molecule has 180 valence electrons. The highest BCUT2D eigenvalue weighted by atomic mass is 35.5. The van der Waals surface area contributed by atoms with Crippen LogP contribution < -0.4 is 10.0 Å². The Bertz CT molecular complexity index is 1550. The number of hydrogen-bond acceptors (Lipinski definition) is 3. The monoisotopic (exact) mass is 512 g/mol. The molecule has 4 aromatic rings. The summed E-state index contributed by atoms with van der Waals surface area (Å²) in [5.74, 6) is 0.443. The lowest BCUT2D eigenvalue weighted by Crippen LogP contribution is -2.29. The lowest BCUT2D eigenvalue weighted by molar-refractivity contribution is 0.425. The van der Waals surface area contributed by atoms with Crippen molar-refractivity contribution in [1.82, 2.24) is 0 Å². The number of nitrogens with one attached hydrogen (secondary N) is 2. The number of anilines is 2. The van der Waals surface area contributed by atoms with Crippen molar-refractivity contribution < 1.29 is 8.42 Å². The van der Waals surface area contributed by atoms with Crippen LogP contribution in [-0.4, -0.2) is 8.42 Å². The fraction of sp³-hybridized carbons (Fsp3) is 0.133. The minimum Gasteiger partial charge on any atom is -0.378 e. The first-order chi connectivity index (χ1) is 17.5. The smallest absolute Gasteiger partial charge is 0.261 e. The van der Waals surface area contributed by atoms with Gasteiger partial charge in [-0.3, -0.25) is 4.72 Å². The van der Waals surface area contributed by atoms with Gasteiger partial charge in [-0.15, -0.1) is 0 Å². The zero-order chi connectivity index (χ0) is 24.7. The summed E-state index contributed by atoms with van der Waals surface area (Å²) >= 11 is 6.27. The molecular formula is C30H25ClN2O2S. The van der Waals surface area contributed by atoms with E-state index in [9.17, 15) is 8.42 Å². The summed E-state index contributed by atoms with van der Waals surface area (Å²) in [7, 11) is -3.74. The molecule has 0 bridgehead atoms. The molecule has 0 saturated carbocycles. The van der Waals surface area contributed by atoms with E-state index in [1.54, 1.807) is 18.2 Å². The predicted molar refractivity (Wildman–Crippen MR) is 147 cm³/mol. The van der Waals surface area contributed by atoms with Gasteiger partial charge in [0.25, 0.3) is 10.0 Å². The van der Waals surface area contributed by atoms with E-state index >= 15 is 0 Å². The number of allylic oxidation sites excluding steroid dienone is 2. The minimum absolute atomic E-state index is 0.111. The van der Waals surface area contributed by atoms with Crippen LogP contribution in [0, 0.1) is 5.92 Å². The average molecular weight is 513 g/mol. The summed E-state index contributed by atoms with van der Waals surface area (Å²) < 4.78 is 29.3. The fourth-order valence-electron chi connectivity index (χ4n) is 5.35. The van der Waals surface area contributed by atoms with Gasteiger partial charge in [0.05, 0.1) is 10.9 Å². The van der Waals surface area contributed by atoms with Gasteiger partial charge in [-0.1, -0.05) is 78.4 Å². The molecule has 36 heavy (non-hydrogen) atoms. The molecule has 0 aromatic heterocycles. The van der Waals surface area contributed by atoms with Crippen LogP contribution in [0.1, 0.15) is 29.5 Å². The largest absolute Gasteiger partial charge is 0.378 e. The van der Waals surface area contributed by atoms with E-state index in [-0.39, 0.29) is 16.9 Å². The Labute approximate surface area is 216 Å². The molecule has 2 N–H and O–H groups in total. The van der Waals surface area contributed by atoms with Gasteiger partial charge in [0.2, 0.25) is 0 Å². The van der Waals surface area contributed by atoms with Crippen molar-refractivity contribution in [2.24, 2.45) is 5.92 Å². The molecule has 1 heterocycles. The Morgan fingerprint density at radius 3 is 2.39 bits per heavy atom. The second kappa shape index (κ2) is 9.16. The molecule has 1 aliphatic heterocycles. The van der Waals surface area contributed by atoms with Crippen molar-refractivity contribution >= 4 is 33.0 Å². The number of benzene rings is 4. The summed E-state index contributed by atoms with van der Waals surface area (Å²) in [6.45, 7) is 0. The SMILES string of the molecule is O=S(=O)(Nc1ccc(-c2ccccc2)cc1)c1ccc2c(c1)[C@H]1C=CC[C@H]1[C@@H](c1cccc(Cl)c1)N2. The number of rotatable bonds is 5. The molecule has 0 fully saturated rings. The standard InChI is InChI=1S/C30H25ClN2O2S/c31-23-9-4-8-22(18-23)30-27-11-5-10-26(27)28-19-25(16-17-29(28)32-30)36(34,35)33-24-14-12-21(13-15-24)20-6-2-1-3-7-20/h1-10,12-19,26-27,30,32-33H,11H2/t26-,27+,30+/m0/s1. The molecule has 3 atom stereocenters. The van der Waals surface area contributed by atoms with E-state index < -0.39 is 10.0 Å². The molecule has 2 aliphatic rings. The van der Waals surface area contributed by atoms with Gasteiger partial charge in [0.1, 0.15) is 0 Å². The molecule has 4 nitrogen and oxygen atoms in total. The first-order valence-electron chi connectivity index (χ1n) is 12.0. The third-order valence-electron chi connectivity index (χ3n) is 7.10. The van der Waals surface area contributed by atoms with Crippen molar-refractivity contribution in [2.45, 2.75) is 23.3 Å². The molecule has 4 aromatic carbocycles. The second-order valence-corrected chi connectivity index (χ2v) is 11.4. The van der Waals surface area contributed by atoms with Gasteiger partial charge in [0.15, 0.2) is 0 Å². The molecule has 6 heteroatoms. The molecule has 0 spiro atoms. The van der Waals surface area contributed by atoms with Crippen molar-refractivity contribution in [2.75, 3.05) is 10.0 Å². The lowest BCUT2D eigenvalue weighted by Gasteiger charge is -2.37. The second-order valence-electron chi connectivity index (χ2n) is 9.33. The summed E-state index contributed by atoms with van der Waals surface area (Å²) in [6, 6.07) is 30.9. The highest BCUT2D eigenvalue weighted by Gasteiger charge is 2.38. The minimum atomic E-state index is -3.74. The number of hydrogen-bond donors (Lipinski definition) is 2. The summed E-state index contributed by atoms with van der Waals surface area (Å²) in [5.41, 5.74) is 5.76. The number of fused-ring (bicyclic) bond motifs is 3. The number of sulfonamides is 1.